The predicted molar refractivity (Wildman–Crippen MR) is 66.2 cm³/mol. The topological polar surface area (TPSA) is 35.2 Å². The number of hydrogen-bond acceptors (Lipinski definition) is 3. The first-order chi connectivity index (χ1) is 7.20. The Bertz CT molecular complexity index is 267. The van der Waals surface area contributed by atoms with E-state index in [9.17, 15) is 0 Å². The van der Waals surface area contributed by atoms with Gasteiger partial charge in [0.25, 0.3) is 0 Å². The van der Waals surface area contributed by atoms with Crippen molar-refractivity contribution in [2.75, 3.05) is 6.61 Å². The van der Waals surface area contributed by atoms with E-state index < -0.39 is 0 Å². The van der Waals surface area contributed by atoms with Crippen LogP contribution in [-0.4, -0.2) is 12.2 Å². The van der Waals surface area contributed by atoms with Crippen LogP contribution in [0.25, 0.3) is 0 Å². The maximum absolute atomic E-state index is 6.31. The van der Waals surface area contributed by atoms with E-state index in [0.717, 1.165) is 19.4 Å². The van der Waals surface area contributed by atoms with E-state index in [2.05, 4.69) is 25.3 Å². The average Bonchev–Trinajstić information content (AvgIpc) is 2.78. The molecule has 1 atom stereocenters. The minimum atomic E-state index is -0.195. The van der Waals surface area contributed by atoms with Crippen molar-refractivity contribution in [3.63, 3.8) is 0 Å². The van der Waals surface area contributed by atoms with Gasteiger partial charge in [-0.25, -0.2) is 0 Å². The number of nitrogens with two attached hydrogens (primary N) is 1. The fourth-order valence-electron chi connectivity index (χ4n) is 2.00. The van der Waals surface area contributed by atoms with Crippen LogP contribution in [0, 0.1) is 0 Å². The van der Waals surface area contributed by atoms with Gasteiger partial charge < -0.3 is 10.5 Å². The summed E-state index contributed by atoms with van der Waals surface area (Å²) >= 11 is 1.71. The van der Waals surface area contributed by atoms with Gasteiger partial charge in [-0.1, -0.05) is 19.9 Å². The summed E-state index contributed by atoms with van der Waals surface area (Å²) in [5.74, 6) is 0. The van der Waals surface area contributed by atoms with Crippen molar-refractivity contribution < 1.29 is 4.74 Å². The van der Waals surface area contributed by atoms with Crippen LogP contribution in [0.5, 0.6) is 0 Å². The minimum Gasteiger partial charge on any atom is -0.373 e. The number of ether oxygens (including phenoxy) is 1. The number of rotatable bonds is 6. The quantitative estimate of drug-likeness (QED) is 0.809. The highest BCUT2D eigenvalue weighted by molar-refractivity contribution is 7.10. The second kappa shape index (κ2) is 5.64. The Kier molecular flexibility index (Phi) is 4.77. The largest absolute Gasteiger partial charge is 0.373 e. The Morgan fingerprint density at radius 3 is 2.47 bits per heavy atom. The fourth-order valence-corrected chi connectivity index (χ4v) is 2.83. The van der Waals surface area contributed by atoms with Crippen LogP contribution >= 0.6 is 11.3 Å². The molecule has 0 saturated carbocycles. The Morgan fingerprint density at radius 1 is 1.40 bits per heavy atom. The molecular formula is C12H21NOS. The Labute approximate surface area is 96.4 Å². The summed E-state index contributed by atoms with van der Waals surface area (Å²) in [6.45, 7) is 7.04. The Morgan fingerprint density at radius 2 is 2.07 bits per heavy atom. The molecule has 0 aliphatic heterocycles. The van der Waals surface area contributed by atoms with E-state index in [0.29, 0.717) is 0 Å². The Balaban J connectivity index is 2.88. The lowest BCUT2D eigenvalue weighted by Crippen LogP contribution is -2.42. The standard InChI is InChI=1S/C12H21NOS/c1-4-12(5-2,14-6-3)11(13)10-8-7-9-15-10/h7-9,11H,4-6,13H2,1-3H3. The highest BCUT2D eigenvalue weighted by Crippen LogP contribution is 2.35. The SMILES string of the molecule is CCOC(CC)(CC)C(N)c1cccs1. The average molecular weight is 227 g/mol. The molecule has 0 aliphatic carbocycles. The minimum absolute atomic E-state index is 0.00699. The second-order valence-electron chi connectivity index (χ2n) is 3.70. The summed E-state index contributed by atoms with van der Waals surface area (Å²) < 4.78 is 5.90. The van der Waals surface area contributed by atoms with Crippen molar-refractivity contribution >= 4 is 11.3 Å². The second-order valence-corrected chi connectivity index (χ2v) is 4.68. The summed E-state index contributed by atoms with van der Waals surface area (Å²) in [5, 5.41) is 2.07. The third-order valence-corrected chi connectivity index (χ3v) is 4.00. The Hall–Kier alpha value is -0.380. The van der Waals surface area contributed by atoms with E-state index in [1.54, 1.807) is 11.3 Å². The van der Waals surface area contributed by atoms with Gasteiger partial charge in [-0.3, -0.25) is 0 Å². The van der Waals surface area contributed by atoms with Crippen LogP contribution in [0.1, 0.15) is 44.5 Å². The molecular weight excluding hydrogens is 206 g/mol. The summed E-state index contributed by atoms with van der Waals surface area (Å²) in [6, 6.07) is 4.13. The van der Waals surface area contributed by atoms with Crippen LogP contribution < -0.4 is 5.73 Å². The molecule has 1 aromatic heterocycles. The molecule has 0 saturated heterocycles. The zero-order chi connectivity index (χ0) is 11.3. The first-order valence-corrected chi connectivity index (χ1v) is 6.51. The first kappa shape index (κ1) is 12.7. The maximum Gasteiger partial charge on any atom is 0.0876 e. The van der Waals surface area contributed by atoms with Crippen molar-refractivity contribution in [1.29, 1.82) is 0 Å². The van der Waals surface area contributed by atoms with Crippen molar-refractivity contribution in [1.82, 2.24) is 0 Å². The number of thiophene rings is 1. The van der Waals surface area contributed by atoms with Crippen LogP contribution in [0.2, 0.25) is 0 Å². The highest BCUT2D eigenvalue weighted by atomic mass is 32.1. The molecule has 1 aromatic rings. The van der Waals surface area contributed by atoms with E-state index in [1.807, 2.05) is 13.0 Å². The lowest BCUT2D eigenvalue weighted by Gasteiger charge is -2.36. The number of hydrogen-bond donors (Lipinski definition) is 1. The van der Waals surface area contributed by atoms with Gasteiger partial charge >= 0.3 is 0 Å². The third kappa shape index (κ3) is 2.60. The third-order valence-electron chi connectivity index (χ3n) is 3.05. The summed E-state index contributed by atoms with van der Waals surface area (Å²) in [5.41, 5.74) is 6.12. The molecule has 0 amide bonds. The molecule has 3 heteroatoms. The van der Waals surface area contributed by atoms with Crippen LogP contribution in [0.4, 0.5) is 0 Å². The molecule has 0 bridgehead atoms. The van der Waals surface area contributed by atoms with Crippen molar-refractivity contribution in [3.05, 3.63) is 22.4 Å². The van der Waals surface area contributed by atoms with Gasteiger partial charge in [-0.05, 0) is 31.2 Å². The first-order valence-electron chi connectivity index (χ1n) is 5.63. The normalized spacial score (nSPS) is 14.1. The molecule has 1 unspecified atom stereocenters. The molecule has 2 N–H and O–H groups in total. The van der Waals surface area contributed by atoms with Crippen LogP contribution in [0.3, 0.4) is 0 Å². The van der Waals surface area contributed by atoms with Crippen molar-refractivity contribution in [2.24, 2.45) is 5.73 Å². The smallest absolute Gasteiger partial charge is 0.0876 e. The molecule has 15 heavy (non-hydrogen) atoms. The van der Waals surface area contributed by atoms with Gasteiger partial charge in [-0.2, -0.15) is 0 Å². The maximum atomic E-state index is 6.31. The van der Waals surface area contributed by atoms with Crippen LogP contribution in [-0.2, 0) is 4.74 Å². The monoisotopic (exact) mass is 227 g/mol. The van der Waals surface area contributed by atoms with Gasteiger partial charge in [-0.15, -0.1) is 11.3 Å². The molecule has 2 nitrogen and oxygen atoms in total. The zero-order valence-corrected chi connectivity index (χ0v) is 10.6. The van der Waals surface area contributed by atoms with Gasteiger partial charge in [0.2, 0.25) is 0 Å². The molecule has 1 heterocycles. The van der Waals surface area contributed by atoms with Crippen LogP contribution in [0.15, 0.2) is 17.5 Å². The van der Waals surface area contributed by atoms with Gasteiger partial charge in [0.1, 0.15) is 0 Å². The molecule has 0 aromatic carbocycles. The van der Waals surface area contributed by atoms with Gasteiger partial charge in [0, 0.05) is 11.5 Å². The molecule has 0 spiro atoms. The lowest BCUT2D eigenvalue weighted by atomic mass is 9.87. The summed E-state index contributed by atoms with van der Waals surface area (Å²) in [4.78, 5) is 1.21. The van der Waals surface area contributed by atoms with Gasteiger partial charge in [0.15, 0.2) is 0 Å². The van der Waals surface area contributed by atoms with Gasteiger partial charge in [0.05, 0.1) is 11.6 Å². The zero-order valence-electron chi connectivity index (χ0n) is 9.82. The molecule has 0 fully saturated rings. The highest BCUT2D eigenvalue weighted by Gasteiger charge is 2.35. The molecule has 0 aliphatic rings. The van der Waals surface area contributed by atoms with Crippen molar-refractivity contribution in [3.8, 4) is 0 Å². The van der Waals surface area contributed by atoms with Crippen molar-refractivity contribution in [2.45, 2.75) is 45.3 Å². The molecule has 1 rings (SSSR count). The summed E-state index contributed by atoms with van der Waals surface area (Å²) in [7, 11) is 0. The lowest BCUT2D eigenvalue weighted by molar-refractivity contribution is -0.0638. The molecule has 86 valence electrons. The van der Waals surface area contributed by atoms with E-state index in [4.69, 9.17) is 10.5 Å². The molecule has 0 radical (unpaired) electrons. The van der Waals surface area contributed by atoms with E-state index in [-0.39, 0.29) is 11.6 Å². The van der Waals surface area contributed by atoms with E-state index in [1.165, 1.54) is 4.88 Å². The predicted octanol–water partition coefficient (Wildman–Crippen LogP) is 3.34. The van der Waals surface area contributed by atoms with E-state index >= 15 is 0 Å². The fraction of sp³-hybridized carbons (Fsp3) is 0.667. The summed E-state index contributed by atoms with van der Waals surface area (Å²) in [6.07, 6.45) is 1.91.